The number of carbonyl (C=O) groups is 1. The van der Waals surface area contributed by atoms with E-state index >= 15 is 0 Å². The molecular weight excluding hydrogens is 236 g/mol. The number of carboxylic acid groups (broad SMARTS) is 1. The predicted molar refractivity (Wildman–Crippen MR) is 67.6 cm³/mol. The Morgan fingerprint density at radius 3 is 3.00 bits per heavy atom. The van der Waals surface area contributed by atoms with Crippen LogP contribution in [-0.2, 0) is 0 Å². The number of pyridine rings is 1. The number of nitrogens with zero attached hydrogens (tertiary/aromatic N) is 1. The van der Waals surface area contributed by atoms with Crippen LogP contribution in [0.25, 0.3) is 0 Å². The summed E-state index contributed by atoms with van der Waals surface area (Å²) in [7, 11) is 0. The second kappa shape index (κ2) is 4.97. The van der Waals surface area contributed by atoms with E-state index in [-0.39, 0.29) is 11.6 Å². The van der Waals surface area contributed by atoms with Gasteiger partial charge in [-0.1, -0.05) is 0 Å². The van der Waals surface area contributed by atoms with E-state index in [0.717, 1.165) is 5.56 Å². The highest BCUT2D eigenvalue weighted by Gasteiger charge is 2.12. The standard InChI is InChI=1S/C12H12N2O2S/c1-8(9-3-5-17-7-9)14-11-6-13-4-2-10(11)12(15)16/h2-8,14H,1H3,(H,15,16). The lowest BCUT2D eigenvalue weighted by Gasteiger charge is -2.15. The van der Waals surface area contributed by atoms with Crippen molar-refractivity contribution in [2.24, 2.45) is 0 Å². The SMILES string of the molecule is CC(Nc1cnccc1C(=O)O)c1ccsc1. The largest absolute Gasteiger partial charge is 0.478 e. The summed E-state index contributed by atoms with van der Waals surface area (Å²) in [6.45, 7) is 1.99. The lowest BCUT2D eigenvalue weighted by atomic mass is 10.1. The zero-order valence-corrected chi connectivity index (χ0v) is 10.1. The van der Waals surface area contributed by atoms with Gasteiger partial charge in [-0.05, 0) is 35.4 Å². The summed E-state index contributed by atoms with van der Waals surface area (Å²) in [5, 5.41) is 16.2. The van der Waals surface area contributed by atoms with E-state index in [2.05, 4.69) is 10.3 Å². The van der Waals surface area contributed by atoms with Crippen molar-refractivity contribution in [1.29, 1.82) is 0 Å². The maximum Gasteiger partial charge on any atom is 0.337 e. The Bertz CT molecular complexity index is 511. The van der Waals surface area contributed by atoms with Gasteiger partial charge >= 0.3 is 5.97 Å². The van der Waals surface area contributed by atoms with Crippen LogP contribution in [-0.4, -0.2) is 16.1 Å². The second-order valence-corrected chi connectivity index (χ2v) is 4.43. The quantitative estimate of drug-likeness (QED) is 0.873. The fraction of sp³-hybridized carbons (Fsp3) is 0.167. The predicted octanol–water partition coefficient (Wildman–Crippen LogP) is 3.01. The van der Waals surface area contributed by atoms with Crippen LogP contribution in [0.5, 0.6) is 0 Å². The molecular formula is C12H12N2O2S. The number of carboxylic acids is 1. The van der Waals surface area contributed by atoms with Crippen LogP contribution in [0.1, 0.15) is 28.9 Å². The highest BCUT2D eigenvalue weighted by atomic mass is 32.1. The van der Waals surface area contributed by atoms with E-state index in [1.54, 1.807) is 11.3 Å². The smallest absolute Gasteiger partial charge is 0.337 e. The van der Waals surface area contributed by atoms with Gasteiger partial charge in [-0.2, -0.15) is 11.3 Å². The summed E-state index contributed by atoms with van der Waals surface area (Å²) in [4.78, 5) is 15.0. The zero-order chi connectivity index (χ0) is 12.3. The number of aromatic carboxylic acids is 1. The van der Waals surface area contributed by atoms with Gasteiger partial charge in [0.05, 0.1) is 17.4 Å². The second-order valence-electron chi connectivity index (χ2n) is 3.65. The molecule has 5 heteroatoms. The molecule has 2 rings (SSSR count). The maximum absolute atomic E-state index is 11.0. The van der Waals surface area contributed by atoms with E-state index in [4.69, 9.17) is 5.11 Å². The molecule has 0 aliphatic carbocycles. The molecule has 2 N–H and O–H groups in total. The molecule has 0 aromatic carbocycles. The topological polar surface area (TPSA) is 62.2 Å². The Hall–Kier alpha value is -1.88. The summed E-state index contributed by atoms with van der Waals surface area (Å²) >= 11 is 1.62. The minimum Gasteiger partial charge on any atom is -0.478 e. The van der Waals surface area contributed by atoms with E-state index < -0.39 is 5.97 Å². The van der Waals surface area contributed by atoms with Gasteiger partial charge < -0.3 is 10.4 Å². The molecule has 0 aliphatic heterocycles. The van der Waals surface area contributed by atoms with Gasteiger partial charge in [-0.15, -0.1) is 0 Å². The normalized spacial score (nSPS) is 12.1. The summed E-state index contributed by atoms with van der Waals surface area (Å²) < 4.78 is 0. The molecule has 0 amide bonds. The van der Waals surface area contributed by atoms with E-state index in [1.807, 2.05) is 23.8 Å². The number of nitrogens with one attached hydrogen (secondary N) is 1. The fourth-order valence-electron chi connectivity index (χ4n) is 1.53. The average molecular weight is 248 g/mol. The van der Waals surface area contributed by atoms with Crippen LogP contribution in [0.4, 0.5) is 5.69 Å². The molecule has 0 saturated carbocycles. The Morgan fingerprint density at radius 1 is 1.53 bits per heavy atom. The van der Waals surface area contributed by atoms with Gasteiger partial charge in [0.1, 0.15) is 0 Å². The first-order valence-electron chi connectivity index (χ1n) is 5.14. The number of rotatable bonds is 4. The molecule has 0 aliphatic rings. The minimum absolute atomic E-state index is 0.0588. The van der Waals surface area contributed by atoms with Crippen LogP contribution in [0.3, 0.4) is 0 Å². The van der Waals surface area contributed by atoms with Gasteiger partial charge in [-0.3, -0.25) is 4.98 Å². The molecule has 0 fully saturated rings. The highest BCUT2D eigenvalue weighted by Crippen LogP contribution is 2.23. The van der Waals surface area contributed by atoms with Crippen molar-refractivity contribution in [3.63, 3.8) is 0 Å². The average Bonchev–Trinajstić information content (AvgIpc) is 2.83. The van der Waals surface area contributed by atoms with Gasteiger partial charge in [0.25, 0.3) is 0 Å². The van der Waals surface area contributed by atoms with Crippen molar-refractivity contribution >= 4 is 23.0 Å². The Labute approximate surface area is 103 Å². The van der Waals surface area contributed by atoms with E-state index in [1.165, 1.54) is 18.5 Å². The Kier molecular flexibility index (Phi) is 3.39. The van der Waals surface area contributed by atoms with E-state index in [9.17, 15) is 4.79 Å². The molecule has 17 heavy (non-hydrogen) atoms. The molecule has 88 valence electrons. The van der Waals surface area contributed by atoms with Gasteiger partial charge in [-0.25, -0.2) is 4.79 Å². The van der Waals surface area contributed by atoms with Crippen molar-refractivity contribution in [3.8, 4) is 0 Å². The Morgan fingerprint density at radius 2 is 2.35 bits per heavy atom. The van der Waals surface area contributed by atoms with Crippen LogP contribution in [0.15, 0.2) is 35.3 Å². The first-order valence-corrected chi connectivity index (χ1v) is 6.08. The van der Waals surface area contributed by atoms with Crippen molar-refractivity contribution < 1.29 is 9.90 Å². The van der Waals surface area contributed by atoms with Crippen LogP contribution in [0, 0.1) is 0 Å². The monoisotopic (exact) mass is 248 g/mol. The third-order valence-corrected chi connectivity index (χ3v) is 3.17. The molecule has 0 radical (unpaired) electrons. The number of anilines is 1. The molecule has 0 spiro atoms. The minimum atomic E-state index is -0.951. The number of hydrogen-bond donors (Lipinski definition) is 2. The zero-order valence-electron chi connectivity index (χ0n) is 9.25. The molecule has 1 unspecified atom stereocenters. The molecule has 4 nitrogen and oxygen atoms in total. The molecule has 2 heterocycles. The lowest BCUT2D eigenvalue weighted by molar-refractivity contribution is 0.0698. The van der Waals surface area contributed by atoms with Crippen molar-refractivity contribution in [2.45, 2.75) is 13.0 Å². The number of hydrogen-bond acceptors (Lipinski definition) is 4. The van der Waals surface area contributed by atoms with Crippen LogP contribution >= 0.6 is 11.3 Å². The maximum atomic E-state index is 11.0. The fourth-order valence-corrected chi connectivity index (χ4v) is 2.29. The van der Waals surface area contributed by atoms with E-state index in [0.29, 0.717) is 5.69 Å². The summed E-state index contributed by atoms with van der Waals surface area (Å²) in [6.07, 6.45) is 3.01. The van der Waals surface area contributed by atoms with Crippen molar-refractivity contribution in [3.05, 3.63) is 46.4 Å². The van der Waals surface area contributed by atoms with Gasteiger partial charge in [0.2, 0.25) is 0 Å². The molecule has 0 bridgehead atoms. The third kappa shape index (κ3) is 2.62. The Balaban J connectivity index is 2.21. The number of aromatic nitrogens is 1. The van der Waals surface area contributed by atoms with Crippen LogP contribution in [0.2, 0.25) is 0 Å². The summed E-state index contributed by atoms with van der Waals surface area (Å²) in [5.74, 6) is -0.951. The van der Waals surface area contributed by atoms with Gasteiger partial charge in [0, 0.05) is 12.2 Å². The third-order valence-electron chi connectivity index (χ3n) is 2.47. The summed E-state index contributed by atoms with van der Waals surface area (Å²) in [5.41, 5.74) is 1.91. The molecule has 2 aromatic heterocycles. The molecule has 0 saturated heterocycles. The lowest BCUT2D eigenvalue weighted by Crippen LogP contribution is -2.10. The van der Waals surface area contributed by atoms with Gasteiger partial charge in [0.15, 0.2) is 0 Å². The highest BCUT2D eigenvalue weighted by molar-refractivity contribution is 7.07. The molecule has 1 atom stereocenters. The first-order chi connectivity index (χ1) is 8.18. The van der Waals surface area contributed by atoms with Crippen molar-refractivity contribution in [1.82, 2.24) is 4.98 Å². The van der Waals surface area contributed by atoms with Crippen LogP contribution < -0.4 is 5.32 Å². The number of thiophene rings is 1. The first kappa shape index (κ1) is 11.6. The summed E-state index contributed by atoms with van der Waals surface area (Å²) in [6, 6.07) is 3.56. The molecule has 2 aromatic rings. The van der Waals surface area contributed by atoms with Crippen molar-refractivity contribution in [2.75, 3.05) is 5.32 Å².